The van der Waals surface area contributed by atoms with Crippen molar-refractivity contribution in [3.05, 3.63) is 0 Å². The van der Waals surface area contributed by atoms with Gasteiger partial charge in [-0.1, -0.05) is 6.92 Å². The zero-order valence-corrected chi connectivity index (χ0v) is 16.6. The number of carbonyl (C=O) groups excluding carboxylic acids is 2. The first-order valence-electron chi connectivity index (χ1n) is 7.98. The van der Waals surface area contributed by atoms with Crippen LogP contribution >= 0.6 is 7.60 Å². The van der Waals surface area contributed by atoms with Crippen LogP contribution in [0.5, 0.6) is 0 Å². The molecule has 0 fully saturated rings. The van der Waals surface area contributed by atoms with Gasteiger partial charge in [0.25, 0.3) is 0 Å². The van der Waals surface area contributed by atoms with Gasteiger partial charge in [0.2, 0.25) is 0 Å². The lowest BCUT2D eigenvalue weighted by Crippen LogP contribution is -2.41. The normalized spacial score (nSPS) is 15.5. The molecule has 0 saturated heterocycles. The highest BCUT2D eigenvalue weighted by atomic mass is 31.2. The smallest absolute Gasteiger partial charge is 0.328 e. The van der Waals surface area contributed by atoms with Crippen molar-refractivity contribution in [2.75, 3.05) is 12.8 Å². The average molecular weight is 366 g/mol. The fourth-order valence-corrected chi connectivity index (χ4v) is 2.57. The van der Waals surface area contributed by atoms with Crippen LogP contribution < -0.4 is 0 Å². The van der Waals surface area contributed by atoms with Crippen LogP contribution in [0.25, 0.3) is 0 Å². The molecule has 1 atom stereocenters. The van der Waals surface area contributed by atoms with Crippen molar-refractivity contribution < 1.29 is 33.4 Å². The molecule has 142 valence electrons. The number of hydrogen-bond acceptors (Lipinski definition) is 5. The topological polar surface area (TPSA) is 110 Å². The van der Waals surface area contributed by atoms with E-state index in [1.165, 1.54) is 0 Å². The van der Waals surface area contributed by atoms with Crippen molar-refractivity contribution in [1.29, 1.82) is 0 Å². The summed E-state index contributed by atoms with van der Waals surface area (Å²) in [7, 11) is -4.21. The predicted octanol–water partition coefficient (Wildman–Crippen LogP) is 2.88. The zero-order valence-electron chi connectivity index (χ0n) is 15.7. The third kappa shape index (κ3) is 8.27. The summed E-state index contributed by atoms with van der Waals surface area (Å²) in [6.45, 7) is 11.9. The number of hydrogen-bond donors (Lipinski definition) is 2. The van der Waals surface area contributed by atoms with Gasteiger partial charge in [0.05, 0.1) is 17.0 Å². The number of rotatable bonds is 8. The van der Waals surface area contributed by atoms with Gasteiger partial charge >= 0.3 is 19.5 Å². The molecular formula is C16H31O7P. The Morgan fingerprint density at radius 2 is 1.50 bits per heavy atom. The Bertz CT molecular complexity index is 501. The van der Waals surface area contributed by atoms with Crippen LogP contribution in [-0.4, -0.2) is 40.1 Å². The standard InChI is InChI=1S/C16H31O7P/c1-8-16(7,13(18)22-9-10-24(19,20)21)11-15(5,6)12(17)23-14(2,3)4/h8-11H2,1-7H3,(H2,19,20,21). The molecule has 0 rings (SSSR count). The molecule has 24 heavy (non-hydrogen) atoms. The van der Waals surface area contributed by atoms with Crippen molar-refractivity contribution in [2.24, 2.45) is 10.8 Å². The Labute approximate surface area is 144 Å². The molecule has 0 bridgehead atoms. The van der Waals surface area contributed by atoms with Gasteiger partial charge in [0.15, 0.2) is 0 Å². The average Bonchev–Trinajstić information content (AvgIpc) is 2.34. The van der Waals surface area contributed by atoms with Crippen molar-refractivity contribution in [1.82, 2.24) is 0 Å². The van der Waals surface area contributed by atoms with Gasteiger partial charge in [-0.3, -0.25) is 14.2 Å². The molecular weight excluding hydrogens is 335 g/mol. The summed E-state index contributed by atoms with van der Waals surface area (Å²) in [5, 5.41) is 0. The van der Waals surface area contributed by atoms with Gasteiger partial charge in [-0.05, 0) is 54.4 Å². The minimum absolute atomic E-state index is 0.208. The number of esters is 2. The molecule has 0 aromatic rings. The summed E-state index contributed by atoms with van der Waals surface area (Å²) >= 11 is 0. The highest BCUT2D eigenvalue weighted by Gasteiger charge is 2.43. The minimum Gasteiger partial charge on any atom is -0.465 e. The Morgan fingerprint density at radius 3 is 1.88 bits per heavy atom. The summed E-state index contributed by atoms with van der Waals surface area (Å²) in [4.78, 5) is 42.3. The van der Waals surface area contributed by atoms with Crippen molar-refractivity contribution in [3.8, 4) is 0 Å². The van der Waals surface area contributed by atoms with Gasteiger partial charge in [-0.25, -0.2) is 0 Å². The first-order chi connectivity index (χ1) is 10.5. The third-order valence-electron chi connectivity index (χ3n) is 3.67. The summed E-state index contributed by atoms with van der Waals surface area (Å²) in [5.41, 5.74) is -2.48. The van der Waals surface area contributed by atoms with Crippen molar-refractivity contribution >= 4 is 19.5 Å². The molecule has 0 aromatic heterocycles. The molecule has 0 aliphatic rings. The van der Waals surface area contributed by atoms with Crippen LogP contribution in [0.4, 0.5) is 0 Å². The largest absolute Gasteiger partial charge is 0.465 e. The third-order valence-corrected chi connectivity index (χ3v) is 4.44. The first kappa shape index (κ1) is 23.1. The number of carbonyl (C=O) groups is 2. The zero-order chi connectivity index (χ0) is 19.4. The lowest BCUT2D eigenvalue weighted by atomic mass is 9.72. The van der Waals surface area contributed by atoms with Crippen LogP contribution in [0.2, 0.25) is 0 Å². The molecule has 7 nitrogen and oxygen atoms in total. The van der Waals surface area contributed by atoms with Crippen LogP contribution in [0, 0.1) is 10.8 Å². The van der Waals surface area contributed by atoms with E-state index in [0.717, 1.165) is 0 Å². The molecule has 0 spiro atoms. The number of ether oxygens (including phenoxy) is 2. The van der Waals surface area contributed by atoms with Crippen molar-refractivity contribution in [3.63, 3.8) is 0 Å². The predicted molar refractivity (Wildman–Crippen MR) is 90.5 cm³/mol. The highest BCUT2D eigenvalue weighted by molar-refractivity contribution is 7.51. The monoisotopic (exact) mass is 366 g/mol. The van der Waals surface area contributed by atoms with Crippen molar-refractivity contribution in [2.45, 2.75) is 66.9 Å². The summed E-state index contributed by atoms with van der Waals surface area (Å²) in [6, 6.07) is 0. The van der Waals surface area contributed by atoms with Gasteiger partial charge in [0, 0.05) is 0 Å². The van der Waals surface area contributed by atoms with Gasteiger partial charge in [-0.15, -0.1) is 0 Å². The molecule has 0 saturated carbocycles. The van der Waals surface area contributed by atoms with E-state index >= 15 is 0 Å². The second-order valence-corrected chi connectivity index (χ2v) is 9.78. The minimum atomic E-state index is -4.21. The van der Waals surface area contributed by atoms with Crippen LogP contribution in [-0.2, 0) is 23.6 Å². The van der Waals surface area contributed by atoms with Gasteiger partial charge < -0.3 is 19.3 Å². The second-order valence-electron chi connectivity index (χ2n) is 8.00. The van der Waals surface area contributed by atoms with E-state index in [0.29, 0.717) is 6.42 Å². The van der Waals surface area contributed by atoms with E-state index in [9.17, 15) is 14.2 Å². The second kappa shape index (κ2) is 7.98. The SMILES string of the molecule is CCC(C)(CC(C)(C)C(=O)OC(C)(C)C)C(=O)OCCP(=O)(O)O. The van der Waals surface area contributed by atoms with E-state index in [1.54, 1.807) is 48.5 Å². The van der Waals surface area contributed by atoms with E-state index in [4.69, 9.17) is 19.3 Å². The Kier molecular flexibility index (Phi) is 7.68. The maximum atomic E-state index is 12.4. The van der Waals surface area contributed by atoms with E-state index in [-0.39, 0.29) is 13.0 Å². The molecule has 1 unspecified atom stereocenters. The first-order valence-corrected chi connectivity index (χ1v) is 9.77. The quantitative estimate of drug-likeness (QED) is 0.502. The van der Waals surface area contributed by atoms with E-state index in [1.807, 2.05) is 0 Å². The summed E-state index contributed by atoms with van der Waals surface area (Å²) in [6.07, 6.45) is 0.113. The van der Waals surface area contributed by atoms with E-state index in [2.05, 4.69) is 0 Å². The fraction of sp³-hybridized carbons (Fsp3) is 0.875. The van der Waals surface area contributed by atoms with E-state index < -0.39 is 42.1 Å². The molecule has 8 heteroatoms. The maximum absolute atomic E-state index is 12.4. The van der Waals surface area contributed by atoms with Crippen LogP contribution in [0.15, 0.2) is 0 Å². The molecule has 0 aliphatic heterocycles. The molecule has 0 radical (unpaired) electrons. The Hall–Kier alpha value is -0.910. The molecule has 0 aliphatic carbocycles. The summed E-state index contributed by atoms with van der Waals surface area (Å²) in [5.74, 6) is -0.979. The molecule has 0 heterocycles. The molecule has 2 N–H and O–H groups in total. The van der Waals surface area contributed by atoms with Crippen LogP contribution in [0.3, 0.4) is 0 Å². The highest BCUT2D eigenvalue weighted by Crippen LogP contribution is 2.39. The maximum Gasteiger partial charge on any atom is 0.328 e. The van der Waals surface area contributed by atoms with Crippen LogP contribution in [0.1, 0.15) is 61.3 Å². The molecule has 0 amide bonds. The van der Waals surface area contributed by atoms with Gasteiger partial charge in [-0.2, -0.15) is 0 Å². The Balaban J connectivity index is 4.99. The Morgan fingerprint density at radius 1 is 1.00 bits per heavy atom. The lowest BCUT2D eigenvalue weighted by Gasteiger charge is -2.35. The summed E-state index contributed by atoms with van der Waals surface area (Å²) < 4.78 is 21.2. The van der Waals surface area contributed by atoms with Gasteiger partial charge in [0.1, 0.15) is 12.2 Å². The fourth-order valence-electron chi connectivity index (χ4n) is 2.24. The lowest BCUT2D eigenvalue weighted by molar-refractivity contribution is -0.170. The molecule has 0 aromatic carbocycles.